The molecule has 0 atom stereocenters. The molecule has 0 aliphatic carbocycles. The first-order valence-electron chi connectivity index (χ1n) is 9.11. The second-order valence-electron chi connectivity index (χ2n) is 6.37. The molecule has 1 heterocycles. The lowest BCUT2D eigenvalue weighted by atomic mass is 9.87. The van der Waals surface area contributed by atoms with Gasteiger partial charge in [0.15, 0.2) is 0 Å². The molecule has 140 valence electrons. The molecule has 3 aromatic rings. The number of hydrogen-bond donors (Lipinski definition) is 1. The van der Waals surface area contributed by atoms with Crippen LogP contribution in [0.5, 0.6) is 11.5 Å². The Morgan fingerprint density at radius 2 is 1.46 bits per heavy atom. The quantitative estimate of drug-likeness (QED) is 0.671. The van der Waals surface area contributed by atoms with E-state index in [4.69, 9.17) is 9.47 Å². The van der Waals surface area contributed by atoms with Crippen LogP contribution in [0.15, 0.2) is 72.8 Å². The predicted molar refractivity (Wildman–Crippen MR) is 106 cm³/mol. The highest BCUT2D eigenvalue weighted by molar-refractivity contribution is 6.04. The molecule has 0 aromatic heterocycles. The van der Waals surface area contributed by atoms with E-state index in [1.807, 2.05) is 48.5 Å². The number of ether oxygens (including phenoxy) is 2. The number of fused-ring (bicyclic) bond motifs is 2. The summed E-state index contributed by atoms with van der Waals surface area (Å²) in [6.07, 6.45) is 0. The molecule has 5 nitrogen and oxygen atoms in total. The summed E-state index contributed by atoms with van der Waals surface area (Å²) in [4.78, 5) is 25.5. The Balaban J connectivity index is 1.71. The van der Waals surface area contributed by atoms with Crippen molar-refractivity contribution in [3.05, 3.63) is 89.5 Å². The van der Waals surface area contributed by atoms with Crippen molar-refractivity contribution in [2.24, 2.45) is 0 Å². The van der Waals surface area contributed by atoms with Gasteiger partial charge in [-0.1, -0.05) is 48.5 Å². The van der Waals surface area contributed by atoms with E-state index < -0.39 is 11.9 Å². The number of nitrogens with one attached hydrogen (secondary N) is 1. The summed E-state index contributed by atoms with van der Waals surface area (Å²) in [6, 6.07) is 21.8. The number of anilines is 1. The highest BCUT2D eigenvalue weighted by Gasteiger charge is 2.32. The topological polar surface area (TPSA) is 64.6 Å². The molecule has 28 heavy (non-hydrogen) atoms. The molecule has 0 saturated carbocycles. The molecule has 0 fully saturated rings. The van der Waals surface area contributed by atoms with Crippen LogP contribution in [0.3, 0.4) is 0 Å². The van der Waals surface area contributed by atoms with Gasteiger partial charge in [-0.05, 0) is 31.2 Å². The van der Waals surface area contributed by atoms with Gasteiger partial charge in [0.2, 0.25) is 5.91 Å². The maximum Gasteiger partial charge on any atom is 0.340 e. The molecule has 5 heteroatoms. The third kappa shape index (κ3) is 3.22. The summed E-state index contributed by atoms with van der Waals surface area (Å²) in [5.74, 6) is 0.0579. The zero-order valence-electron chi connectivity index (χ0n) is 15.3. The van der Waals surface area contributed by atoms with Crippen molar-refractivity contribution in [2.45, 2.75) is 12.8 Å². The van der Waals surface area contributed by atoms with Crippen LogP contribution < -0.4 is 10.1 Å². The van der Waals surface area contributed by atoms with Gasteiger partial charge in [0.05, 0.1) is 23.8 Å². The van der Waals surface area contributed by atoms with Gasteiger partial charge in [-0.15, -0.1) is 0 Å². The largest absolute Gasteiger partial charge is 0.462 e. The van der Waals surface area contributed by atoms with Gasteiger partial charge in [0, 0.05) is 11.1 Å². The van der Waals surface area contributed by atoms with E-state index in [9.17, 15) is 9.59 Å². The zero-order chi connectivity index (χ0) is 19.5. The Labute approximate surface area is 162 Å². The van der Waals surface area contributed by atoms with Crippen molar-refractivity contribution >= 4 is 17.6 Å². The van der Waals surface area contributed by atoms with E-state index in [0.717, 1.165) is 11.1 Å². The SMILES string of the molecule is CCOC(=O)c1ccccc1NC(=O)C1c2ccccc2Oc2ccccc21. The van der Waals surface area contributed by atoms with Crippen molar-refractivity contribution < 1.29 is 19.1 Å². The average Bonchev–Trinajstić information content (AvgIpc) is 2.72. The first-order chi connectivity index (χ1) is 13.7. The number of hydrogen-bond acceptors (Lipinski definition) is 4. The fourth-order valence-electron chi connectivity index (χ4n) is 3.38. The molecule has 0 unspecified atom stereocenters. The molecule has 0 bridgehead atoms. The Hall–Kier alpha value is -3.60. The number of carbonyl (C=O) groups is 2. The maximum atomic E-state index is 13.3. The molecular formula is C23H19NO4. The molecule has 1 aliphatic rings. The van der Waals surface area contributed by atoms with Crippen molar-refractivity contribution in [3.8, 4) is 11.5 Å². The monoisotopic (exact) mass is 373 g/mol. The van der Waals surface area contributed by atoms with E-state index in [0.29, 0.717) is 22.7 Å². The van der Waals surface area contributed by atoms with Crippen LogP contribution in [0.25, 0.3) is 0 Å². The van der Waals surface area contributed by atoms with Gasteiger partial charge in [0.1, 0.15) is 11.5 Å². The predicted octanol–water partition coefficient (Wildman–Crippen LogP) is 4.74. The van der Waals surface area contributed by atoms with Gasteiger partial charge in [0.25, 0.3) is 0 Å². The minimum absolute atomic E-state index is 0.236. The van der Waals surface area contributed by atoms with Crippen LogP contribution >= 0.6 is 0 Å². The minimum Gasteiger partial charge on any atom is -0.462 e. The number of carbonyl (C=O) groups excluding carboxylic acids is 2. The Kier molecular flexibility index (Phi) is 4.81. The normalized spacial score (nSPS) is 12.3. The fourth-order valence-corrected chi connectivity index (χ4v) is 3.38. The lowest BCUT2D eigenvalue weighted by Crippen LogP contribution is -2.26. The highest BCUT2D eigenvalue weighted by Crippen LogP contribution is 2.44. The van der Waals surface area contributed by atoms with Crippen molar-refractivity contribution in [3.63, 3.8) is 0 Å². The smallest absolute Gasteiger partial charge is 0.340 e. The molecule has 1 aliphatic heterocycles. The van der Waals surface area contributed by atoms with Crippen LogP contribution in [0.1, 0.15) is 34.3 Å². The van der Waals surface area contributed by atoms with Gasteiger partial charge < -0.3 is 14.8 Å². The maximum absolute atomic E-state index is 13.3. The van der Waals surface area contributed by atoms with Gasteiger partial charge >= 0.3 is 5.97 Å². The van der Waals surface area contributed by atoms with Crippen LogP contribution in [0.2, 0.25) is 0 Å². The summed E-state index contributed by atoms with van der Waals surface area (Å²) in [5.41, 5.74) is 2.32. The lowest BCUT2D eigenvalue weighted by molar-refractivity contribution is -0.116. The van der Waals surface area contributed by atoms with Crippen LogP contribution in [0.4, 0.5) is 5.69 Å². The number of para-hydroxylation sites is 3. The summed E-state index contributed by atoms with van der Waals surface area (Å²) < 4.78 is 11.0. The molecule has 3 aromatic carbocycles. The summed E-state index contributed by atoms with van der Waals surface area (Å²) in [6.45, 7) is 2.01. The number of rotatable bonds is 4. The van der Waals surface area contributed by atoms with E-state index in [1.54, 1.807) is 31.2 Å². The van der Waals surface area contributed by atoms with Crippen LogP contribution in [-0.4, -0.2) is 18.5 Å². The van der Waals surface area contributed by atoms with Gasteiger partial charge in [-0.3, -0.25) is 4.79 Å². The molecule has 0 spiro atoms. The number of benzene rings is 3. The Morgan fingerprint density at radius 3 is 2.11 bits per heavy atom. The highest BCUT2D eigenvalue weighted by atomic mass is 16.5. The molecule has 4 rings (SSSR count). The second-order valence-corrected chi connectivity index (χ2v) is 6.37. The van der Waals surface area contributed by atoms with Gasteiger partial charge in [-0.2, -0.15) is 0 Å². The Bertz CT molecular complexity index is 999. The summed E-state index contributed by atoms with van der Waals surface area (Å²) >= 11 is 0. The van der Waals surface area contributed by atoms with Crippen molar-refractivity contribution in [2.75, 3.05) is 11.9 Å². The number of amides is 1. The summed E-state index contributed by atoms with van der Waals surface area (Å²) in [7, 11) is 0. The van der Waals surface area contributed by atoms with Crippen molar-refractivity contribution in [1.29, 1.82) is 0 Å². The zero-order valence-corrected chi connectivity index (χ0v) is 15.3. The third-order valence-corrected chi connectivity index (χ3v) is 4.62. The minimum atomic E-state index is -0.545. The third-order valence-electron chi connectivity index (χ3n) is 4.62. The fraction of sp³-hybridized carbons (Fsp3) is 0.130. The van der Waals surface area contributed by atoms with Gasteiger partial charge in [-0.25, -0.2) is 4.79 Å². The standard InChI is InChI=1S/C23H19NO4/c1-2-27-23(26)15-9-3-6-12-18(15)24-22(25)21-16-10-4-7-13-19(16)28-20-14-8-5-11-17(20)21/h3-14,21H,2H2,1H3,(H,24,25). The van der Waals surface area contributed by atoms with Crippen molar-refractivity contribution in [1.82, 2.24) is 0 Å². The molecule has 0 saturated heterocycles. The number of esters is 1. The molecular weight excluding hydrogens is 354 g/mol. The first kappa shape index (κ1) is 17.8. The van der Waals surface area contributed by atoms with E-state index >= 15 is 0 Å². The summed E-state index contributed by atoms with van der Waals surface area (Å²) in [5, 5.41) is 2.91. The lowest BCUT2D eigenvalue weighted by Gasteiger charge is -2.27. The first-order valence-corrected chi connectivity index (χ1v) is 9.11. The van der Waals surface area contributed by atoms with E-state index in [1.165, 1.54) is 0 Å². The Morgan fingerprint density at radius 1 is 0.893 bits per heavy atom. The molecule has 1 amide bonds. The van der Waals surface area contributed by atoms with E-state index in [-0.39, 0.29) is 12.5 Å². The van der Waals surface area contributed by atoms with Crippen LogP contribution in [-0.2, 0) is 9.53 Å². The average molecular weight is 373 g/mol. The molecule has 1 N–H and O–H groups in total. The van der Waals surface area contributed by atoms with E-state index in [2.05, 4.69) is 5.32 Å². The molecule has 0 radical (unpaired) electrons. The second kappa shape index (κ2) is 7.56. The van der Waals surface area contributed by atoms with Crippen LogP contribution in [0, 0.1) is 0 Å².